The van der Waals surface area contributed by atoms with E-state index < -0.39 is 5.97 Å². The zero-order valence-electron chi connectivity index (χ0n) is 13.3. The van der Waals surface area contributed by atoms with Crippen molar-refractivity contribution < 1.29 is 14.7 Å². The molecule has 4 nitrogen and oxygen atoms in total. The Morgan fingerprint density at radius 2 is 1.76 bits per heavy atom. The minimum absolute atomic E-state index is 0.0283. The highest BCUT2D eigenvalue weighted by Gasteiger charge is 2.14. The average Bonchev–Trinajstić information content (AvgIpc) is 2.36. The van der Waals surface area contributed by atoms with Gasteiger partial charge in [-0.15, -0.1) is 0 Å². The lowest BCUT2D eigenvalue weighted by atomic mass is 9.89. The molecule has 1 aromatic carbocycles. The fourth-order valence-corrected chi connectivity index (χ4v) is 2.00. The number of carbonyl (C=O) groups is 2. The highest BCUT2D eigenvalue weighted by molar-refractivity contribution is 5.87. The van der Waals surface area contributed by atoms with Crippen LogP contribution in [0.2, 0.25) is 0 Å². The maximum Gasteiger partial charge on any atom is 0.335 e. The Labute approximate surface area is 126 Å². The molecule has 0 saturated carbocycles. The molecule has 0 aliphatic heterocycles. The number of carbonyl (C=O) groups excluding carboxylic acids is 1. The van der Waals surface area contributed by atoms with E-state index in [1.807, 2.05) is 6.92 Å². The van der Waals surface area contributed by atoms with E-state index in [2.05, 4.69) is 26.1 Å². The summed E-state index contributed by atoms with van der Waals surface area (Å²) in [6.07, 6.45) is 2.29. The van der Waals surface area contributed by atoms with Crippen LogP contribution in [0.3, 0.4) is 0 Å². The highest BCUT2D eigenvalue weighted by Crippen LogP contribution is 2.21. The van der Waals surface area contributed by atoms with Gasteiger partial charge in [-0.1, -0.05) is 32.9 Å². The van der Waals surface area contributed by atoms with Crippen molar-refractivity contribution in [2.75, 3.05) is 0 Å². The SMILES string of the molecule is CC(CCC(C)(C)C)NC(=O)Cc1ccc(C(=O)O)cc1. The lowest BCUT2D eigenvalue weighted by Crippen LogP contribution is -2.34. The maximum atomic E-state index is 11.9. The quantitative estimate of drug-likeness (QED) is 0.845. The number of benzene rings is 1. The van der Waals surface area contributed by atoms with Crippen LogP contribution in [0.5, 0.6) is 0 Å². The van der Waals surface area contributed by atoms with Gasteiger partial charge in [0, 0.05) is 6.04 Å². The zero-order valence-corrected chi connectivity index (χ0v) is 13.3. The Bertz CT molecular complexity index is 486. The van der Waals surface area contributed by atoms with Crippen LogP contribution >= 0.6 is 0 Å². The van der Waals surface area contributed by atoms with E-state index in [4.69, 9.17) is 5.11 Å². The lowest BCUT2D eigenvalue weighted by Gasteiger charge is -2.21. The molecule has 1 amide bonds. The van der Waals surface area contributed by atoms with E-state index in [9.17, 15) is 9.59 Å². The lowest BCUT2D eigenvalue weighted by molar-refractivity contribution is -0.121. The molecule has 0 saturated heterocycles. The van der Waals surface area contributed by atoms with Crippen LogP contribution in [-0.4, -0.2) is 23.0 Å². The predicted molar refractivity (Wildman–Crippen MR) is 83.4 cm³/mol. The third-order valence-corrected chi connectivity index (χ3v) is 3.30. The number of carboxylic acid groups (broad SMARTS) is 1. The Morgan fingerprint density at radius 3 is 2.24 bits per heavy atom. The fraction of sp³-hybridized carbons (Fsp3) is 0.529. The molecule has 0 aromatic heterocycles. The second-order valence-corrected chi connectivity index (χ2v) is 6.75. The van der Waals surface area contributed by atoms with Crippen molar-refractivity contribution in [3.8, 4) is 0 Å². The molecule has 0 heterocycles. The first-order valence-electron chi connectivity index (χ1n) is 7.29. The summed E-state index contributed by atoms with van der Waals surface area (Å²) in [5.41, 5.74) is 1.32. The summed E-state index contributed by atoms with van der Waals surface area (Å²) >= 11 is 0. The smallest absolute Gasteiger partial charge is 0.335 e. The molecule has 21 heavy (non-hydrogen) atoms. The van der Waals surface area contributed by atoms with E-state index in [0.717, 1.165) is 18.4 Å². The molecule has 1 unspecified atom stereocenters. The zero-order chi connectivity index (χ0) is 16.0. The van der Waals surface area contributed by atoms with Gasteiger partial charge in [-0.05, 0) is 42.9 Å². The van der Waals surface area contributed by atoms with Crippen molar-refractivity contribution in [1.82, 2.24) is 5.32 Å². The van der Waals surface area contributed by atoms with Crippen molar-refractivity contribution >= 4 is 11.9 Å². The molecule has 0 bridgehead atoms. The molecular weight excluding hydrogens is 266 g/mol. The first-order chi connectivity index (χ1) is 9.67. The van der Waals surface area contributed by atoms with E-state index in [1.165, 1.54) is 12.1 Å². The van der Waals surface area contributed by atoms with E-state index in [1.54, 1.807) is 12.1 Å². The van der Waals surface area contributed by atoms with Crippen LogP contribution in [0, 0.1) is 5.41 Å². The summed E-state index contributed by atoms with van der Waals surface area (Å²) in [4.78, 5) is 22.7. The van der Waals surface area contributed by atoms with Crippen molar-refractivity contribution in [1.29, 1.82) is 0 Å². The second kappa shape index (κ2) is 7.25. The van der Waals surface area contributed by atoms with Crippen LogP contribution in [0.25, 0.3) is 0 Å². The van der Waals surface area contributed by atoms with Crippen molar-refractivity contribution in [2.45, 2.75) is 53.0 Å². The van der Waals surface area contributed by atoms with Crippen molar-refractivity contribution in [3.05, 3.63) is 35.4 Å². The minimum atomic E-state index is -0.957. The first kappa shape index (κ1) is 17.2. The van der Waals surface area contributed by atoms with Gasteiger partial charge in [0.15, 0.2) is 0 Å². The minimum Gasteiger partial charge on any atom is -0.478 e. The number of carboxylic acids is 1. The van der Waals surface area contributed by atoms with Gasteiger partial charge in [-0.25, -0.2) is 4.79 Å². The fourth-order valence-electron chi connectivity index (χ4n) is 2.00. The molecule has 0 spiro atoms. The third kappa shape index (κ3) is 6.93. The number of hydrogen-bond donors (Lipinski definition) is 2. The molecule has 1 atom stereocenters. The molecule has 2 N–H and O–H groups in total. The molecule has 1 aromatic rings. The van der Waals surface area contributed by atoms with Gasteiger partial charge in [0.1, 0.15) is 0 Å². The summed E-state index contributed by atoms with van der Waals surface area (Å²) < 4.78 is 0. The Morgan fingerprint density at radius 1 is 1.19 bits per heavy atom. The second-order valence-electron chi connectivity index (χ2n) is 6.75. The van der Waals surface area contributed by atoms with Gasteiger partial charge in [-0.3, -0.25) is 4.79 Å². The molecule has 0 radical (unpaired) electrons. The summed E-state index contributed by atoms with van der Waals surface area (Å²) in [7, 11) is 0. The number of nitrogens with one attached hydrogen (secondary N) is 1. The maximum absolute atomic E-state index is 11.9. The normalized spacial score (nSPS) is 12.8. The van der Waals surface area contributed by atoms with Crippen LogP contribution in [0.15, 0.2) is 24.3 Å². The Balaban J connectivity index is 2.44. The van der Waals surface area contributed by atoms with Crippen LogP contribution < -0.4 is 5.32 Å². The van der Waals surface area contributed by atoms with E-state index in [0.29, 0.717) is 0 Å². The van der Waals surface area contributed by atoms with Gasteiger partial charge in [0.2, 0.25) is 5.91 Å². The first-order valence-corrected chi connectivity index (χ1v) is 7.29. The molecule has 4 heteroatoms. The molecule has 0 aliphatic carbocycles. The molecule has 0 aliphatic rings. The van der Waals surface area contributed by atoms with Crippen molar-refractivity contribution in [2.24, 2.45) is 5.41 Å². The van der Waals surface area contributed by atoms with E-state index in [-0.39, 0.29) is 29.3 Å². The Hall–Kier alpha value is -1.84. The summed E-state index contributed by atoms with van der Waals surface area (Å²) in [6.45, 7) is 8.57. The molecule has 1 rings (SSSR count). The number of hydrogen-bond acceptors (Lipinski definition) is 2. The number of rotatable bonds is 6. The van der Waals surface area contributed by atoms with Gasteiger partial charge in [0.25, 0.3) is 0 Å². The van der Waals surface area contributed by atoms with Gasteiger partial charge in [-0.2, -0.15) is 0 Å². The van der Waals surface area contributed by atoms with Crippen LogP contribution in [-0.2, 0) is 11.2 Å². The topological polar surface area (TPSA) is 66.4 Å². The summed E-state index contributed by atoms with van der Waals surface area (Å²) in [6, 6.07) is 6.56. The van der Waals surface area contributed by atoms with Gasteiger partial charge >= 0.3 is 5.97 Å². The third-order valence-electron chi connectivity index (χ3n) is 3.30. The van der Waals surface area contributed by atoms with E-state index >= 15 is 0 Å². The predicted octanol–water partition coefficient (Wildman–Crippen LogP) is 3.26. The van der Waals surface area contributed by atoms with Gasteiger partial charge in [0.05, 0.1) is 12.0 Å². The molecule has 116 valence electrons. The summed E-state index contributed by atoms with van der Waals surface area (Å²) in [5.74, 6) is -0.985. The average molecular weight is 291 g/mol. The molecular formula is C17H25NO3. The number of aromatic carboxylic acids is 1. The molecule has 0 fully saturated rings. The standard InChI is InChI=1S/C17H25NO3/c1-12(9-10-17(2,3)4)18-15(19)11-13-5-7-14(8-6-13)16(20)21/h5-8,12H,9-11H2,1-4H3,(H,18,19)(H,20,21). The largest absolute Gasteiger partial charge is 0.478 e. The van der Waals surface area contributed by atoms with Crippen LogP contribution in [0.1, 0.15) is 56.5 Å². The van der Waals surface area contributed by atoms with Crippen molar-refractivity contribution in [3.63, 3.8) is 0 Å². The monoisotopic (exact) mass is 291 g/mol. The van der Waals surface area contributed by atoms with Crippen LogP contribution in [0.4, 0.5) is 0 Å². The number of amides is 1. The summed E-state index contributed by atoms with van der Waals surface area (Å²) in [5, 5.41) is 11.8. The van der Waals surface area contributed by atoms with Gasteiger partial charge < -0.3 is 10.4 Å². The highest BCUT2D eigenvalue weighted by atomic mass is 16.4. The Kier molecular flexibility index (Phi) is 5.94.